The van der Waals surface area contributed by atoms with Crippen LogP contribution in [0.1, 0.15) is 0 Å². The maximum atomic E-state index is 12.4. The van der Waals surface area contributed by atoms with Gasteiger partial charge in [-0.25, -0.2) is 5.10 Å². The Morgan fingerprint density at radius 3 is 2.64 bits per heavy atom. The normalized spacial score (nSPS) is 10.7. The molecule has 3 aromatic rings. The molecule has 0 atom stereocenters. The molecule has 2 aromatic heterocycles. The van der Waals surface area contributed by atoms with Gasteiger partial charge in [-0.1, -0.05) is 24.8 Å². The lowest BCUT2D eigenvalue weighted by atomic mass is 10.3. The molecule has 1 aromatic carbocycles. The highest BCUT2D eigenvalue weighted by Crippen LogP contribution is 2.24. The number of azo groups is 1. The lowest BCUT2D eigenvalue weighted by Gasteiger charge is -1.96. The van der Waals surface area contributed by atoms with Gasteiger partial charge in [-0.05, 0) is 24.3 Å². The topological polar surface area (TPSA) is 79.8 Å². The monoisotopic (exact) mass is 290 g/mol. The van der Waals surface area contributed by atoms with Crippen molar-refractivity contribution in [1.82, 2.24) is 14.8 Å². The largest absolute Gasteiger partial charge is 0.360 e. The Bertz CT molecular complexity index is 903. The van der Waals surface area contributed by atoms with Crippen LogP contribution in [0.25, 0.3) is 10.5 Å². The summed E-state index contributed by atoms with van der Waals surface area (Å²) in [6.07, 6.45) is 3.13. The van der Waals surface area contributed by atoms with Crippen LogP contribution in [0.2, 0.25) is 0 Å². The molecular weight excluding hydrogens is 280 g/mol. The minimum Gasteiger partial charge on any atom is -0.360 e. The van der Waals surface area contributed by atoms with E-state index in [1.165, 1.54) is 10.9 Å². The number of hydrogen-bond acceptors (Lipinski definition) is 4. The quantitative estimate of drug-likeness (QED) is 0.591. The molecule has 22 heavy (non-hydrogen) atoms. The summed E-state index contributed by atoms with van der Waals surface area (Å²) in [4.78, 5) is 19.6. The molecule has 0 fully saturated rings. The smallest absolute Gasteiger partial charge is 0.303 e. The van der Waals surface area contributed by atoms with E-state index >= 15 is 0 Å². The number of nitrogens with one attached hydrogen (secondary N) is 1. The van der Waals surface area contributed by atoms with Gasteiger partial charge in [0.1, 0.15) is 5.69 Å². The molecule has 1 N–H and O–H groups in total. The van der Waals surface area contributed by atoms with Crippen LogP contribution in [0.15, 0.2) is 69.9 Å². The molecule has 3 rings (SSSR count). The summed E-state index contributed by atoms with van der Waals surface area (Å²) in [7, 11) is 0. The molecule has 7 nitrogen and oxygen atoms in total. The standard InChI is InChI=1S/C15H10N6O/c1-16-14-13(19-18-11-6-5-9-17-10-11)15(22)21(20-14)12-7-3-2-4-8-12/h2-10,20H. The van der Waals surface area contributed by atoms with Crippen LogP contribution in [-0.4, -0.2) is 14.8 Å². The highest BCUT2D eigenvalue weighted by molar-refractivity contribution is 5.61. The third-order valence-corrected chi connectivity index (χ3v) is 2.89. The van der Waals surface area contributed by atoms with Gasteiger partial charge in [-0.15, -0.1) is 5.11 Å². The van der Waals surface area contributed by atoms with Crippen molar-refractivity contribution in [2.24, 2.45) is 10.2 Å². The highest BCUT2D eigenvalue weighted by atomic mass is 16.1. The zero-order valence-corrected chi connectivity index (χ0v) is 11.3. The van der Waals surface area contributed by atoms with Crippen LogP contribution >= 0.6 is 0 Å². The van der Waals surface area contributed by atoms with Crippen molar-refractivity contribution in [2.45, 2.75) is 0 Å². The lowest BCUT2D eigenvalue weighted by Crippen LogP contribution is -2.13. The maximum absolute atomic E-state index is 12.4. The van der Waals surface area contributed by atoms with Gasteiger partial charge in [0.05, 0.1) is 11.9 Å². The zero-order chi connectivity index (χ0) is 15.4. The van der Waals surface area contributed by atoms with Crippen molar-refractivity contribution in [2.75, 3.05) is 0 Å². The molecule has 0 bridgehead atoms. The Kier molecular flexibility index (Phi) is 3.58. The second kappa shape index (κ2) is 5.85. The summed E-state index contributed by atoms with van der Waals surface area (Å²) in [6.45, 7) is 7.17. The summed E-state index contributed by atoms with van der Waals surface area (Å²) in [6, 6.07) is 12.4. The first kappa shape index (κ1) is 13.5. The predicted molar refractivity (Wildman–Crippen MR) is 81.1 cm³/mol. The first-order chi connectivity index (χ1) is 10.8. The van der Waals surface area contributed by atoms with Gasteiger partial charge in [-0.3, -0.25) is 9.78 Å². The van der Waals surface area contributed by atoms with Crippen molar-refractivity contribution in [3.63, 3.8) is 0 Å². The van der Waals surface area contributed by atoms with Gasteiger partial charge < -0.3 is 4.85 Å². The van der Waals surface area contributed by atoms with Crippen LogP contribution in [0.4, 0.5) is 17.2 Å². The van der Waals surface area contributed by atoms with E-state index in [2.05, 4.69) is 25.2 Å². The number of nitrogens with zero attached hydrogens (tertiary/aromatic N) is 5. The van der Waals surface area contributed by atoms with Crippen molar-refractivity contribution in [1.29, 1.82) is 0 Å². The van der Waals surface area contributed by atoms with Crippen LogP contribution in [0.5, 0.6) is 0 Å². The zero-order valence-electron chi connectivity index (χ0n) is 11.3. The van der Waals surface area contributed by atoms with Crippen LogP contribution < -0.4 is 5.56 Å². The van der Waals surface area contributed by atoms with Crippen molar-refractivity contribution in [3.8, 4) is 5.69 Å². The van der Waals surface area contributed by atoms with E-state index < -0.39 is 5.56 Å². The molecule has 0 aliphatic carbocycles. The summed E-state index contributed by atoms with van der Waals surface area (Å²) in [5.74, 6) is 0.0430. The number of rotatable bonds is 3. The van der Waals surface area contributed by atoms with Gasteiger partial charge in [0.15, 0.2) is 5.69 Å². The van der Waals surface area contributed by atoms with E-state index in [4.69, 9.17) is 6.57 Å². The first-order valence-electron chi connectivity index (χ1n) is 6.39. The number of hydrogen-bond donors (Lipinski definition) is 1. The van der Waals surface area contributed by atoms with Crippen LogP contribution in [0, 0.1) is 6.57 Å². The Morgan fingerprint density at radius 1 is 1.14 bits per heavy atom. The fraction of sp³-hybridized carbons (Fsp3) is 0. The summed E-state index contributed by atoms with van der Waals surface area (Å²) in [5.41, 5.74) is 0.679. The molecule has 0 amide bonds. The Hall–Kier alpha value is -3.53. The molecule has 106 valence electrons. The summed E-state index contributed by atoms with van der Waals surface area (Å²) >= 11 is 0. The van der Waals surface area contributed by atoms with E-state index in [-0.39, 0.29) is 11.5 Å². The van der Waals surface area contributed by atoms with Gasteiger partial charge in [-0.2, -0.15) is 9.80 Å². The molecule has 0 aliphatic rings. The Balaban J connectivity index is 2.06. The number of H-pyrrole nitrogens is 1. The van der Waals surface area contributed by atoms with Crippen LogP contribution in [-0.2, 0) is 0 Å². The molecule has 7 heteroatoms. The number of aromatic amines is 1. The van der Waals surface area contributed by atoms with E-state index in [0.29, 0.717) is 11.4 Å². The lowest BCUT2D eigenvalue weighted by molar-refractivity contribution is 0.855. The van der Waals surface area contributed by atoms with E-state index in [9.17, 15) is 4.79 Å². The third-order valence-electron chi connectivity index (χ3n) is 2.89. The maximum Gasteiger partial charge on any atom is 0.303 e. The molecule has 0 aliphatic heterocycles. The van der Waals surface area contributed by atoms with E-state index in [1.54, 1.807) is 42.6 Å². The molecule has 0 saturated carbocycles. The third kappa shape index (κ3) is 2.53. The number of benzene rings is 1. The van der Waals surface area contributed by atoms with Crippen LogP contribution in [0.3, 0.4) is 0 Å². The molecule has 0 unspecified atom stereocenters. The SMILES string of the molecule is [C-]#[N+]c1[nH]n(-c2ccccc2)c(=O)c1N=Nc1cccnc1. The number of para-hydroxylation sites is 1. The van der Waals surface area contributed by atoms with E-state index in [0.717, 1.165) is 0 Å². The van der Waals surface area contributed by atoms with Gasteiger partial charge >= 0.3 is 5.56 Å². The minimum atomic E-state index is -0.426. The Morgan fingerprint density at radius 2 is 1.95 bits per heavy atom. The fourth-order valence-corrected chi connectivity index (χ4v) is 1.86. The van der Waals surface area contributed by atoms with Gasteiger partial charge in [0.2, 0.25) is 0 Å². The Labute approximate surface area is 125 Å². The number of aromatic nitrogens is 3. The van der Waals surface area contributed by atoms with Gasteiger partial charge in [0.25, 0.3) is 5.82 Å². The summed E-state index contributed by atoms with van der Waals surface area (Å²) < 4.78 is 1.27. The average Bonchev–Trinajstić information content (AvgIpc) is 2.90. The average molecular weight is 290 g/mol. The highest BCUT2D eigenvalue weighted by Gasteiger charge is 2.15. The molecule has 2 heterocycles. The van der Waals surface area contributed by atoms with Crippen molar-refractivity contribution < 1.29 is 0 Å². The second-order valence-corrected chi connectivity index (χ2v) is 4.31. The summed E-state index contributed by atoms with van der Waals surface area (Å²) in [5, 5.41) is 10.6. The predicted octanol–water partition coefficient (Wildman–Crippen LogP) is 3.53. The molecule has 0 saturated heterocycles. The van der Waals surface area contributed by atoms with Crippen molar-refractivity contribution in [3.05, 3.63) is 76.6 Å². The first-order valence-corrected chi connectivity index (χ1v) is 6.39. The van der Waals surface area contributed by atoms with Crippen molar-refractivity contribution >= 4 is 17.2 Å². The minimum absolute atomic E-state index is 0.0253. The second-order valence-electron chi connectivity index (χ2n) is 4.31. The molecule has 0 radical (unpaired) electrons. The van der Waals surface area contributed by atoms with Gasteiger partial charge in [0, 0.05) is 6.20 Å². The molecular formula is C15H10N6O. The number of pyridine rings is 1. The molecule has 0 spiro atoms. The fourth-order valence-electron chi connectivity index (χ4n) is 1.86. The van der Waals surface area contributed by atoms with E-state index in [1.807, 2.05) is 6.07 Å².